The maximum Gasteiger partial charge on any atom is 0.246 e. The lowest BCUT2D eigenvalue weighted by molar-refractivity contribution is 0.427. The normalized spacial score (nSPS) is 17.6. The maximum absolute atomic E-state index is 13.7. The number of halogens is 3. The molecule has 1 fully saturated rings. The molecule has 4 nitrogen and oxygen atoms in total. The Kier molecular flexibility index (Phi) is 6.19. The van der Waals surface area contributed by atoms with Gasteiger partial charge in [-0.3, -0.25) is 0 Å². The van der Waals surface area contributed by atoms with Crippen LogP contribution >= 0.6 is 28.3 Å². The first-order chi connectivity index (χ1) is 8.51. The van der Waals surface area contributed by atoms with E-state index in [0.717, 1.165) is 19.0 Å². The molecule has 0 aromatic heterocycles. The Hall–Kier alpha value is -0.210. The lowest BCUT2D eigenvalue weighted by atomic mass is 10.3. The van der Waals surface area contributed by atoms with Crippen molar-refractivity contribution in [3.8, 4) is 0 Å². The van der Waals surface area contributed by atoms with Crippen molar-refractivity contribution in [1.29, 1.82) is 0 Å². The fourth-order valence-corrected chi connectivity index (χ4v) is 3.96. The number of sulfonamides is 1. The summed E-state index contributed by atoms with van der Waals surface area (Å²) in [4.78, 5) is -0.265. The van der Waals surface area contributed by atoms with Gasteiger partial charge in [0.2, 0.25) is 10.0 Å². The van der Waals surface area contributed by atoms with Gasteiger partial charge in [0.25, 0.3) is 0 Å². The minimum atomic E-state index is -3.75. The van der Waals surface area contributed by atoms with Gasteiger partial charge in [-0.25, -0.2) is 12.8 Å². The summed E-state index contributed by atoms with van der Waals surface area (Å²) in [5.74, 6) is -0.713. The summed E-state index contributed by atoms with van der Waals surface area (Å²) < 4.78 is 40.3. The first-order valence-corrected chi connectivity index (χ1v) is 7.91. The Bertz CT molecular complexity index is 533. The topological polar surface area (TPSA) is 49.4 Å². The summed E-state index contributed by atoms with van der Waals surface area (Å²) in [7, 11) is -3.75. The third-order valence-electron chi connectivity index (χ3n) is 2.81. The fourth-order valence-electron chi connectivity index (χ4n) is 1.88. The van der Waals surface area contributed by atoms with Gasteiger partial charge >= 0.3 is 0 Å². The molecule has 19 heavy (non-hydrogen) atoms. The van der Waals surface area contributed by atoms with Gasteiger partial charge in [0.15, 0.2) is 0 Å². The predicted octanol–water partition coefficient (Wildman–Crippen LogP) is 1.99. The highest BCUT2D eigenvalue weighted by molar-refractivity contribution is 9.10. The van der Waals surface area contributed by atoms with E-state index in [4.69, 9.17) is 0 Å². The second-order valence-corrected chi connectivity index (χ2v) is 6.90. The number of rotatable bonds is 2. The standard InChI is InChI=1S/C11H14BrFN2O2S.ClH/c12-9-2-3-10(13)11(8-9)18(16,17)15-6-1-4-14-5-7-15;/h2-3,8,14H,1,4-7H2;1H. The van der Waals surface area contributed by atoms with Crippen molar-refractivity contribution < 1.29 is 12.8 Å². The molecule has 2 rings (SSSR count). The monoisotopic (exact) mass is 372 g/mol. The number of nitrogens with one attached hydrogen (secondary N) is 1. The Labute approximate surface area is 127 Å². The largest absolute Gasteiger partial charge is 0.315 e. The van der Waals surface area contributed by atoms with E-state index in [2.05, 4.69) is 21.2 Å². The van der Waals surface area contributed by atoms with Crippen molar-refractivity contribution >= 4 is 38.4 Å². The zero-order chi connectivity index (χ0) is 13.2. The van der Waals surface area contributed by atoms with Crippen LogP contribution in [0.4, 0.5) is 4.39 Å². The van der Waals surface area contributed by atoms with Gasteiger partial charge in [0, 0.05) is 24.1 Å². The fraction of sp³-hybridized carbons (Fsp3) is 0.455. The van der Waals surface area contributed by atoms with E-state index in [1.54, 1.807) is 0 Å². The Morgan fingerprint density at radius 3 is 2.74 bits per heavy atom. The zero-order valence-corrected chi connectivity index (χ0v) is 13.3. The lowest BCUT2D eigenvalue weighted by Gasteiger charge is -2.20. The molecule has 1 aliphatic heterocycles. The highest BCUT2D eigenvalue weighted by Gasteiger charge is 2.27. The SMILES string of the molecule is Cl.O=S(=O)(c1cc(Br)ccc1F)N1CCCNCC1. The Morgan fingerprint density at radius 2 is 2.00 bits per heavy atom. The molecule has 1 aromatic rings. The molecule has 1 N–H and O–H groups in total. The molecule has 0 radical (unpaired) electrons. The van der Waals surface area contributed by atoms with Crippen LogP contribution in [0.15, 0.2) is 27.6 Å². The minimum absolute atomic E-state index is 0. The first-order valence-electron chi connectivity index (χ1n) is 5.68. The molecular weight excluding hydrogens is 359 g/mol. The molecule has 0 aliphatic carbocycles. The van der Waals surface area contributed by atoms with Crippen molar-refractivity contribution in [2.45, 2.75) is 11.3 Å². The summed E-state index contributed by atoms with van der Waals surface area (Å²) >= 11 is 3.17. The van der Waals surface area contributed by atoms with Crippen LogP contribution in [-0.4, -0.2) is 38.9 Å². The highest BCUT2D eigenvalue weighted by atomic mass is 79.9. The van der Waals surface area contributed by atoms with Gasteiger partial charge in [-0.1, -0.05) is 15.9 Å². The maximum atomic E-state index is 13.7. The van der Waals surface area contributed by atoms with Crippen LogP contribution < -0.4 is 5.32 Å². The molecule has 0 saturated carbocycles. The summed E-state index contributed by atoms with van der Waals surface area (Å²) in [6.07, 6.45) is 0.731. The number of benzene rings is 1. The molecule has 108 valence electrons. The lowest BCUT2D eigenvalue weighted by Crippen LogP contribution is -2.34. The second-order valence-electron chi connectivity index (χ2n) is 4.08. The molecule has 1 aromatic carbocycles. The van der Waals surface area contributed by atoms with E-state index in [9.17, 15) is 12.8 Å². The molecule has 1 aliphatic rings. The van der Waals surface area contributed by atoms with Crippen molar-refractivity contribution in [1.82, 2.24) is 9.62 Å². The van der Waals surface area contributed by atoms with E-state index >= 15 is 0 Å². The van der Waals surface area contributed by atoms with Crippen LogP contribution in [0.5, 0.6) is 0 Å². The number of hydrogen-bond acceptors (Lipinski definition) is 3. The number of nitrogens with zero attached hydrogens (tertiary/aromatic N) is 1. The van der Waals surface area contributed by atoms with Crippen molar-refractivity contribution in [2.75, 3.05) is 26.2 Å². The molecular formula is C11H15BrClFN2O2S. The van der Waals surface area contributed by atoms with Crippen LogP contribution in [0.25, 0.3) is 0 Å². The highest BCUT2D eigenvalue weighted by Crippen LogP contribution is 2.23. The molecule has 0 unspecified atom stereocenters. The van der Waals surface area contributed by atoms with Crippen molar-refractivity contribution in [3.63, 3.8) is 0 Å². The Morgan fingerprint density at radius 1 is 1.26 bits per heavy atom. The minimum Gasteiger partial charge on any atom is -0.315 e. The average molecular weight is 374 g/mol. The van der Waals surface area contributed by atoms with Crippen LogP contribution in [0.1, 0.15) is 6.42 Å². The molecule has 0 bridgehead atoms. The van der Waals surface area contributed by atoms with E-state index < -0.39 is 15.8 Å². The van der Waals surface area contributed by atoms with Gasteiger partial charge in [0.1, 0.15) is 10.7 Å². The van der Waals surface area contributed by atoms with Gasteiger partial charge in [-0.05, 0) is 31.2 Å². The molecule has 0 spiro atoms. The zero-order valence-electron chi connectivity index (χ0n) is 10.1. The predicted molar refractivity (Wildman–Crippen MR) is 77.6 cm³/mol. The van der Waals surface area contributed by atoms with E-state index in [0.29, 0.717) is 24.1 Å². The molecule has 0 atom stereocenters. The van der Waals surface area contributed by atoms with Crippen LogP contribution in [-0.2, 0) is 10.0 Å². The quantitative estimate of drug-likeness (QED) is 0.862. The molecule has 0 amide bonds. The smallest absolute Gasteiger partial charge is 0.246 e. The van der Waals surface area contributed by atoms with E-state index in [-0.39, 0.29) is 17.3 Å². The van der Waals surface area contributed by atoms with Crippen molar-refractivity contribution in [2.24, 2.45) is 0 Å². The molecule has 1 saturated heterocycles. The van der Waals surface area contributed by atoms with E-state index in [1.807, 2.05) is 0 Å². The van der Waals surface area contributed by atoms with Gasteiger partial charge in [-0.2, -0.15) is 4.31 Å². The number of hydrogen-bond donors (Lipinski definition) is 1. The summed E-state index contributed by atoms with van der Waals surface area (Å²) in [6.45, 7) is 2.16. The molecule has 1 heterocycles. The van der Waals surface area contributed by atoms with E-state index in [1.165, 1.54) is 16.4 Å². The summed E-state index contributed by atoms with van der Waals surface area (Å²) in [5, 5.41) is 3.12. The third-order valence-corrected chi connectivity index (χ3v) is 5.22. The van der Waals surface area contributed by atoms with Crippen LogP contribution in [0, 0.1) is 5.82 Å². The average Bonchev–Trinajstić information content (AvgIpc) is 2.61. The van der Waals surface area contributed by atoms with Crippen molar-refractivity contribution in [3.05, 3.63) is 28.5 Å². The second kappa shape index (κ2) is 6.99. The third kappa shape index (κ3) is 3.88. The van der Waals surface area contributed by atoms with Gasteiger partial charge in [0.05, 0.1) is 0 Å². The summed E-state index contributed by atoms with van der Waals surface area (Å²) in [6, 6.07) is 3.95. The van der Waals surface area contributed by atoms with Gasteiger partial charge < -0.3 is 5.32 Å². The van der Waals surface area contributed by atoms with Gasteiger partial charge in [-0.15, -0.1) is 12.4 Å². The molecule has 8 heteroatoms. The first kappa shape index (κ1) is 16.8. The Balaban J connectivity index is 0.00000180. The van der Waals surface area contributed by atoms with Crippen LogP contribution in [0.3, 0.4) is 0 Å². The van der Waals surface area contributed by atoms with Crippen LogP contribution in [0.2, 0.25) is 0 Å². The summed E-state index contributed by atoms with van der Waals surface area (Å²) in [5.41, 5.74) is 0.